The highest BCUT2D eigenvalue weighted by Crippen LogP contribution is 2.05. The number of carboxylic acid groups (broad SMARTS) is 1. The number of amides is 1. The molecule has 0 fully saturated rings. The van der Waals surface area contributed by atoms with E-state index in [1.165, 1.54) is 19.3 Å². The van der Waals surface area contributed by atoms with E-state index in [9.17, 15) is 9.59 Å². The molecule has 1 atom stereocenters. The molecule has 1 unspecified atom stereocenters. The number of carbonyl (C=O) groups excluding carboxylic acids is 1. The average Bonchev–Trinajstić information content (AvgIpc) is 2.23. The van der Waals surface area contributed by atoms with Gasteiger partial charge in [-0.2, -0.15) is 0 Å². The molecule has 0 aliphatic heterocycles. The van der Waals surface area contributed by atoms with Crippen LogP contribution in [0.4, 0.5) is 0 Å². The van der Waals surface area contributed by atoms with Crippen molar-refractivity contribution < 1.29 is 14.7 Å². The summed E-state index contributed by atoms with van der Waals surface area (Å²) in [6.45, 7) is 4.18. The van der Waals surface area contributed by atoms with Crippen LogP contribution in [0.25, 0.3) is 0 Å². The molecule has 17 heavy (non-hydrogen) atoms. The van der Waals surface area contributed by atoms with Crippen LogP contribution in [0, 0.1) is 0 Å². The quantitative estimate of drug-likeness (QED) is 0.580. The SMILES string of the molecule is CCCCCCC(C)NC(=O)CCCC(=O)O. The molecule has 0 rings (SSSR count). The van der Waals surface area contributed by atoms with Crippen LogP contribution in [-0.2, 0) is 9.59 Å². The summed E-state index contributed by atoms with van der Waals surface area (Å²) in [6, 6.07) is 0.198. The fraction of sp³-hybridized carbons (Fsp3) is 0.846. The van der Waals surface area contributed by atoms with Crippen molar-refractivity contribution in [2.45, 2.75) is 71.3 Å². The first kappa shape index (κ1) is 15.9. The Morgan fingerprint density at radius 3 is 2.41 bits per heavy atom. The van der Waals surface area contributed by atoms with Crippen LogP contribution in [-0.4, -0.2) is 23.0 Å². The third kappa shape index (κ3) is 11.2. The number of unbranched alkanes of at least 4 members (excludes halogenated alkanes) is 3. The molecule has 0 spiro atoms. The Morgan fingerprint density at radius 2 is 1.82 bits per heavy atom. The Morgan fingerprint density at radius 1 is 1.12 bits per heavy atom. The minimum atomic E-state index is -0.842. The van der Waals surface area contributed by atoms with Crippen molar-refractivity contribution in [2.24, 2.45) is 0 Å². The molecule has 0 bridgehead atoms. The molecule has 0 heterocycles. The first-order valence-electron chi connectivity index (χ1n) is 6.57. The molecule has 4 nitrogen and oxygen atoms in total. The van der Waals surface area contributed by atoms with Gasteiger partial charge in [-0.3, -0.25) is 9.59 Å². The van der Waals surface area contributed by atoms with E-state index in [1.54, 1.807) is 0 Å². The van der Waals surface area contributed by atoms with E-state index in [2.05, 4.69) is 12.2 Å². The molecule has 0 radical (unpaired) electrons. The molecule has 0 aromatic carbocycles. The van der Waals surface area contributed by atoms with Crippen molar-refractivity contribution in [3.63, 3.8) is 0 Å². The number of rotatable bonds is 10. The summed E-state index contributed by atoms with van der Waals surface area (Å²) in [7, 11) is 0. The number of hydrogen-bond donors (Lipinski definition) is 2. The maximum absolute atomic E-state index is 11.4. The van der Waals surface area contributed by atoms with Gasteiger partial charge in [0.1, 0.15) is 0 Å². The molecular weight excluding hydrogens is 218 g/mol. The summed E-state index contributed by atoms with van der Waals surface area (Å²) >= 11 is 0. The predicted octanol–water partition coefficient (Wildman–Crippen LogP) is 2.72. The molecule has 0 aromatic rings. The first-order chi connectivity index (χ1) is 8.06. The second-order valence-electron chi connectivity index (χ2n) is 4.57. The van der Waals surface area contributed by atoms with Crippen LogP contribution in [0.5, 0.6) is 0 Å². The van der Waals surface area contributed by atoms with E-state index in [-0.39, 0.29) is 18.4 Å². The van der Waals surface area contributed by atoms with Crippen LogP contribution in [0.1, 0.15) is 65.2 Å². The maximum atomic E-state index is 11.4. The van der Waals surface area contributed by atoms with Gasteiger partial charge in [0.25, 0.3) is 0 Å². The summed E-state index contributed by atoms with van der Waals surface area (Å²) in [5.74, 6) is -0.875. The largest absolute Gasteiger partial charge is 0.481 e. The number of nitrogens with one attached hydrogen (secondary N) is 1. The normalized spacial score (nSPS) is 12.1. The molecule has 0 saturated heterocycles. The van der Waals surface area contributed by atoms with E-state index < -0.39 is 5.97 Å². The summed E-state index contributed by atoms with van der Waals surface area (Å²) in [6.07, 6.45) is 6.63. The van der Waals surface area contributed by atoms with E-state index in [0.717, 1.165) is 12.8 Å². The standard InChI is InChI=1S/C13H25NO3/c1-3-4-5-6-8-11(2)14-12(15)9-7-10-13(16)17/h11H,3-10H2,1-2H3,(H,14,15)(H,16,17). The molecule has 1 amide bonds. The van der Waals surface area contributed by atoms with Crippen LogP contribution >= 0.6 is 0 Å². The third-order valence-electron chi connectivity index (χ3n) is 2.69. The second-order valence-corrected chi connectivity index (χ2v) is 4.57. The Bertz CT molecular complexity index is 229. The van der Waals surface area contributed by atoms with Crippen LogP contribution in [0.15, 0.2) is 0 Å². The fourth-order valence-electron chi connectivity index (χ4n) is 1.70. The van der Waals surface area contributed by atoms with Gasteiger partial charge in [0.2, 0.25) is 5.91 Å². The highest BCUT2D eigenvalue weighted by atomic mass is 16.4. The van der Waals surface area contributed by atoms with Gasteiger partial charge in [0, 0.05) is 18.9 Å². The first-order valence-corrected chi connectivity index (χ1v) is 6.57. The lowest BCUT2D eigenvalue weighted by molar-refractivity contribution is -0.137. The molecule has 100 valence electrons. The number of aliphatic carboxylic acids is 1. The molecule has 2 N–H and O–H groups in total. The van der Waals surface area contributed by atoms with Crippen molar-refractivity contribution in [3.05, 3.63) is 0 Å². The van der Waals surface area contributed by atoms with Crippen molar-refractivity contribution in [1.82, 2.24) is 5.32 Å². The lowest BCUT2D eigenvalue weighted by atomic mass is 10.1. The monoisotopic (exact) mass is 243 g/mol. The zero-order valence-electron chi connectivity index (χ0n) is 11.0. The maximum Gasteiger partial charge on any atom is 0.303 e. The number of carboxylic acids is 1. The van der Waals surface area contributed by atoms with Gasteiger partial charge in [-0.15, -0.1) is 0 Å². The Balaban J connectivity index is 3.48. The zero-order chi connectivity index (χ0) is 13.1. The van der Waals surface area contributed by atoms with Gasteiger partial charge in [0.05, 0.1) is 0 Å². The number of carbonyl (C=O) groups is 2. The molecule has 4 heteroatoms. The van der Waals surface area contributed by atoms with E-state index in [4.69, 9.17) is 5.11 Å². The fourth-order valence-corrected chi connectivity index (χ4v) is 1.70. The van der Waals surface area contributed by atoms with Crippen LogP contribution in [0.2, 0.25) is 0 Å². The summed E-state index contributed by atoms with van der Waals surface area (Å²) in [5.41, 5.74) is 0. The topological polar surface area (TPSA) is 66.4 Å². The summed E-state index contributed by atoms with van der Waals surface area (Å²) in [5, 5.41) is 11.3. The van der Waals surface area contributed by atoms with Crippen molar-refractivity contribution >= 4 is 11.9 Å². The van der Waals surface area contributed by atoms with Gasteiger partial charge in [-0.1, -0.05) is 32.6 Å². The highest BCUT2D eigenvalue weighted by Gasteiger charge is 2.07. The Hall–Kier alpha value is -1.06. The molecule has 0 aromatic heterocycles. The molecule has 0 saturated carbocycles. The smallest absolute Gasteiger partial charge is 0.303 e. The third-order valence-corrected chi connectivity index (χ3v) is 2.69. The Labute approximate surface area is 104 Å². The second kappa shape index (κ2) is 10.1. The molecule has 0 aliphatic rings. The van der Waals surface area contributed by atoms with Gasteiger partial charge >= 0.3 is 5.97 Å². The lowest BCUT2D eigenvalue weighted by Gasteiger charge is -2.13. The minimum Gasteiger partial charge on any atom is -0.481 e. The van der Waals surface area contributed by atoms with Crippen molar-refractivity contribution in [2.75, 3.05) is 0 Å². The Kier molecular flexibility index (Phi) is 9.49. The van der Waals surface area contributed by atoms with Crippen LogP contribution < -0.4 is 5.32 Å². The zero-order valence-corrected chi connectivity index (χ0v) is 11.0. The van der Waals surface area contributed by atoms with E-state index in [1.807, 2.05) is 6.92 Å². The van der Waals surface area contributed by atoms with Gasteiger partial charge < -0.3 is 10.4 Å². The van der Waals surface area contributed by atoms with Crippen molar-refractivity contribution in [3.8, 4) is 0 Å². The van der Waals surface area contributed by atoms with Crippen molar-refractivity contribution in [1.29, 1.82) is 0 Å². The molecular formula is C13H25NO3. The predicted molar refractivity (Wildman–Crippen MR) is 67.9 cm³/mol. The van der Waals surface area contributed by atoms with Gasteiger partial charge in [-0.25, -0.2) is 0 Å². The van der Waals surface area contributed by atoms with E-state index in [0.29, 0.717) is 12.8 Å². The number of hydrogen-bond acceptors (Lipinski definition) is 2. The average molecular weight is 243 g/mol. The highest BCUT2D eigenvalue weighted by molar-refractivity contribution is 5.76. The van der Waals surface area contributed by atoms with Gasteiger partial charge in [0.15, 0.2) is 0 Å². The molecule has 0 aliphatic carbocycles. The summed E-state index contributed by atoms with van der Waals surface area (Å²) in [4.78, 5) is 21.7. The van der Waals surface area contributed by atoms with Crippen LogP contribution in [0.3, 0.4) is 0 Å². The van der Waals surface area contributed by atoms with Gasteiger partial charge in [-0.05, 0) is 19.8 Å². The minimum absolute atomic E-state index is 0.0331. The van der Waals surface area contributed by atoms with E-state index >= 15 is 0 Å². The summed E-state index contributed by atoms with van der Waals surface area (Å²) < 4.78 is 0. The lowest BCUT2D eigenvalue weighted by Crippen LogP contribution is -2.32.